The standard InChI is InChI=1S/2C19H19Cl.C18H17ClO.C2H7N/c2*1-2-3-5-10-17-13-14-19(20)15-18(17)12-11-16-8-6-4-7-9-16;19-18-12-11-16(8-4-5-13-20)17(14-18)10-9-15-6-2-1-3-7-15;1-3-2/h2*4,6-9,13-15H,2-3,11-12H2,1H3;1-3,6-7,11-12,14,20H,5,9-10,13H2;3H,1-2H3. The van der Waals surface area contributed by atoms with Crippen molar-refractivity contribution in [1.82, 2.24) is 5.32 Å². The highest BCUT2D eigenvalue weighted by atomic mass is 35.5. The number of nitrogens with one attached hydrogen (secondary N) is 1. The van der Waals surface area contributed by atoms with Crippen LogP contribution in [0.25, 0.3) is 0 Å². The van der Waals surface area contributed by atoms with Crippen LogP contribution in [0.15, 0.2) is 146 Å². The predicted octanol–water partition coefficient (Wildman–Crippen LogP) is 14.2. The molecule has 6 rings (SSSR count). The van der Waals surface area contributed by atoms with E-state index in [1.807, 2.05) is 86.9 Å². The van der Waals surface area contributed by atoms with Crippen LogP contribution in [0.3, 0.4) is 0 Å². The van der Waals surface area contributed by atoms with E-state index >= 15 is 0 Å². The molecule has 0 atom stereocenters. The molecule has 2 nitrogen and oxygen atoms in total. The zero-order chi connectivity index (χ0) is 45.3. The molecule has 0 heterocycles. The second-order valence-corrected chi connectivity index (χ2v) is 16.0. The van der Waals surface area contributed by atoms with E-state index in [2.05, 4.69) is 127 Å². The summed E-state index contributed by atoms with van der Waals surface area (Å²) in [7, 11) is 3.75. The van der Waals surface area contributed by atoms with E-state index in [4.69, 9.17) is 39.9 Å². The topological polar surface area (TPSA) is 32.3 Å². The Hall–Kier alpha value is -5.21. The molecule has 0 aromatic heterocycles. The van der Waals surface area contributed by atoms with E-state index in [-0.39, 0.29) is 6.61 Å². The Bertz CT molecular complexity index is 2110. The average Bonchev–Trinajstić information content (AvgIpc) is 3.30. The summed E-state index contributed by atoms with van der Waals surface area (Å²) in [6.07, 6.45) is 10.4. The maximum absolute atomic E-state index is 8.79. The van der Waals surface area contributed by atoms with Gasteiger partial charge in [0.15, 0.2) is 0 Å². The first-order chi connectivity index (χ1) is 30.8. The number of halogens is 3. The summed E-state index contributed by atoms with van der Waals surface area (Å²) in [6.45, 7) is 4.39. The smallest absolute Gasteiger partial charge is 0.0540 e. The van der Waals surface area contributed by atoms with Crippen molar-refractivity contribution < 1.29 is 5.11 Å². The van der Waals surface area contributed by atoms with Crippen LogP contribution in [0, 0.1) is 35.5 Å². The van der Waals surface area contributed by atoms with Gasteiger partial charge in [-0.25, -0.2) is 0 Å². The quantitative estimate of drug-likeness (QED) is 0.120. The molecule has 6 aromatic rings. The van der Waals surface area contributed by atoms with Gasteiger partial charge in [0, 0.05) is 51.0 Å². The lowest BCUT2D eigenvalue weighted by Gasteiger charge is -2.06. The monoisotopic (exact) mass is 893 g/mol. The van der Waals surface area contributed by atoms with Gasteiger partial charge in [0.05, 0.1) is 6.61 Å². The number of aliphatic hydroxyl groups excluding tert-OH is 1. The van der Waals surface area contributed by atoms with Gasteiger partial charge in [-0.15, -0.1) is 0 Å². The van der Waals surface area contributed by atoms with Gasteiger partial charge in [0.25, 0.3) is 0 Å². The Labute approximate surface area is 394 Å². The van der Waals surface area contributed by atoms with Crippen LogP contribution in [0.4, 0.5) is 0 Å². The Morgan fingerprint density at radius 2 is 0.698 bits per heavy atom. The molecule has 0 aliphatic heterocycles. The van der Waals surface area contributed by atoms with Gasteiger partial charge >= 0.3 is 0 Å². The zero-order valence-corrected chi connectivity index (χ0v) is 39.7. The molecule has 0 amide bonds. The summed E-state index contributed by atoms with van der Waals surface area (Å²) < 4.78 is 0. The molecule has 2 N–H and O–H groups in total. The van der Waals surface area contributed by atoms with E-state index in [1.54, 1.807) is 0 Å². The molecular formula is C58H62Cl3NO. The summed E-state index contributed by atoms with van der Waals surface area (Å²) in [4.78, 5) is 0. The third-order valence-electron chi connectivity index (χ3n) is 9.44. The predicted molar refractivity (Wildman–Crippen MR) is 273 cm³/mol. The largest absolute Gasteiger partial charge is 0.395 e. The van der Waals surface area contributed by atoms with E-state index in [1.165, 1.54) is 27.8 Å². The molecule has 0 aliphatic rings. The fraction of sp³-hybridized carbons (Fsp3) is 0.276. The lowest BCUT2D eigenvalue weighted by atomic mass is 10.00. The van der Waals surface area contributed by atoms with E-state index in [0.717, 1.165) is 102 Å². The molecule has 0 aliphatic carbocycles. The fourth-order valence-electron chi connectivity index (χ4n) is 6.22. The number of rotatable bonds is 12. The summed E-state index contributed by atoms with van der Waals surface area (Å²) in [5, 5.41) is 13.8. The number of hydrogen-bond donors (Lipinski definition) is 2. The lowest BCUT2D eigenvalue weighted by Crippen LogP contribution is -1.95. The van der Waals surface area contributed by atoms with Crippen molar-refractivity contribution in [2.75, 3.05) is 20.7 Å². The minimum atomic E-state index is 0.0972. The number of unbranched alkanes of at least 4 members (excludes halogenated alkanes) is 2. The molecule has 63 heavy (non-hydrogen) atoms. The summed E-state index contributed by atoms with van der Waals surface area (Å²) in [5.41, 5.74) is 10.9. The van der Waals surface area contributed by atoms with Gasteiger partial charge in [-0.2, -0.15) is 0 Å². The van der Waals surface area contributed by atoms with Crippen molar-refractivity contribution in [3.8, 4) is 35.5 Å². The van der Waals surface area contributed by atoms with Crippen molar-refractivity contribution in [3.05, 3.63) is 211 Å². The van der Waals surface area contributed by atoms with Crippen LogP contribution in [-0.4, -0.2) is 25.8 Å². The maximum Gasteiger partial charge on any atom is 0.0540 e. The fourth-order valence-corrected chi connectivity index (χ4v) is 6.81. The number of benzene rings is 6. The minimum absolute atomic E-state index is 0.0972. The van der Waals surface area contributed by atoms with Gasteiger partial charge in [-0.1, -0.05) is 175 Å². The third kappa shape index (κ3) is 22.1. The highest BCUT2D eigenvalue weighted by Gasteiger charge is 2.05. The Balaban J connectivity index is 0.000000243. The first-order valence-electron chi connectivity index (χ1n) is 21.9. The van der Waals surface area contributed by atoms with Crippen LogP contribution < -0.4 is 5.32 Å². The van der Waals surface area contributed by atoms with Crippen molar-refractivity contribution in [2.45, 2.75) is 84.5 Å². The average molecular weight is 895 g/mol. The molecule has 326 valence electrons. The molecule has 0 unspecified atom stereocenters. The highest BCUT2D eigenvalue weighted by Crippen LogP contribution is 2.20. The van der Waals surface area contributed by atoms with Crippen molar-refractivity contribution in [3.63, 3.8) is 0 Å². The lowest BCUT2D eigenvalue weighted by molar-refractivity contribution is 0.305. The van der Waals surface area contributed by atoms with Gasteiger partial charge < -0.3 is 10.4 Å². The van der Waals surface area contributed by atoms with E-state index in [9.17, 15) is 0 Å². The number of aliphatic hydroxyl groups is 1. The van der Waals surface area contributed by atoms with Gasteiger partial charge in [-0.05, 0) is 153 Å². The van der Waals surface area contributed by atoms with Crippen LogP contribution in [0.1, 0.15) is 96.0 Å². The van der Waals surface area contributed by atoms with Gasteiger partial charge in [0.2, 0.25) is 0 Å². The summed E-state index contributed by atoms with van der Waals surface area (Å²) >= 11 is 18.3. The molecule has 0 radical (unpaired) electrons. The van der Waals surface area contributed by atoms with Crippen molar-refractivity contribution in [1.29, 1.82) is 0 Å². The van der Waals surface area contributed by atoms with Gasteiger partial charge in [-0.3, -0.25) is 0 Å². The first kappa shape index (κ1) is 52.1. The Kier molecular flexibility index (Phi) is 26.9. The molecule has 0 fully saturated rings. The molecule has 0 bridgehead atoms. The normalized spacial score (nSPS) is 9.71. The summed E-state index contributed by atoms with van der Waals surface area (Å²) in [6, 6.07) is 49.2. The summed E-state index contributed by atoms with van der Waals surface area (Å²) in [5.74, 6) is 19.0. The second kappa shape index (κ2) is 32.5. The molecule has 5 heteroatoms. The Morgan fingerprint density at radius 1 is 0.413 bits per heavy atom. The molecule has 0 saturated heterocycles. The SMILES string of the molecule is CCCC#Cc1ccc(Cl)cc1CCc1ccccc1.CCCC#Cc1ccc(Cl)cc1CCc1ccccc1.CNC.OCCC#Cc1ccc(Cl)cc1CCc1ccccc1. The molecular weight excluding hydrogens is 833 g/mol. The zero-order valence-electron chi connectivity index (χ0n) is 37.4. The van der Waals surface area contributed by atoms with Gasteiger partial charge in [0.1, 0.15) is 0 Å². The van der Waals surface area contributed by atoms with Crippen LogP contribution in [0.5, 0.6) is 0 Å². The molecule has 0 spiro atoms. The number of aryl methyl sites for hydroxylation is 6. The first-order valence-corrected chi connectivity index (χ1v) is 23.1. The third-order valence-corrected chi connectivity index (χ3v) is 10.1. The molecule has 6 aromatic carbocycles. The van der Waals surface area contributed by atoms with Crippen molar-refractivity contribution in [2.24, 2.45) is 0 Å². The van der Waals surface area contributed by atoms with Crippen LogP contribution >= 0.6 is 34.8 Å². The van der Waals surface area contributed by atoms with E-state index < -0.39 is 0 Å². The molecule has 0 saturated carbocycles. The minimum Gasteiger partial charge on any atom is -0.395 e. The highest BCUT2D eigenvalue weighted by molar-refractivity contribution is 6.31. The van der Waals surface area contributed by atoms with Crippen LogP contribution in [0.2, 0.25) is 15.1 Å². The van der Waals surface area contributed by atoms with E-state index in [0.29, 0.717) is 6.42 Å². The van der Waals surface area contributed by atoms with Crippen LogP contribution in [-0.2, 0) is 38.5 Å². The second-order valence-electron chi connectivity index (χ2n) is 14.7. The number of hydrogen-bond acceptors (Lipinski definition) is 2. The van der Waals surface area contributed by atoms with Crippen molar-refractivity contribution >= 4 is 34.8 Å². The Morgan fingerprint density at radius 3 is 0.968 bits per heavy atom. The maximum atomic E-state index is 8.79.